The highest BCUT2D eigenvalue weighted by Gasteiger charge is 2.28. The number of esters is 1. The molecule has 1 aromatic rings. The number of hydrogen-bond donors (Lipinski definition) is 1. The predicted molar refractivity (Wildman–Crippen MR) is 61.6 cm³/mol. The SMILES string of the molecule is CCCC(C)(N)C(=O)OCc1cccs1. The fourth-order valence-electron chi connectivity index (χ4n) is 1.32. The van der Waals surface area contributed by atoms with E-state index in [0.717, 1.165) is 11.3 Å². The van der Waals surface area contributed by atoms with Crippen LogP contribution in [0, 0.1) is 0 Å². The van der Waals surface area contributed by atoms with Crippen LogP contribution in [0.2, 0.25) is 0 Å². The molecule has 0 amide bonds. The van der Waals surface area contributed by atoms with Crippen LogP contribution >= 0.6 is 11.3 Å². The Morgan fingerprint density at radius 2 is 2.40 bits per heavy atom. The molecule has 0 aliphatic rings. The highest BCUT2D eigenvalue weighted by atomic mass is 32.1. The third kappa shape index (κ3) is 3.64. The van der Waals surface area contributed by atoms with E-state index < -0.39 is 5.54 Å². The van der Waals surface area contributed by atoms with Gasteiger partial charge in [-0.1, -0.05) is 19.4 Å². The van der Waals surface area contributed by atoms with Crippen LogP contribution in [0.15, 0.2) is 17.5 Å². The molecule has 84 valence electrons. The molecule has 1 heterocycles. The second-order valence-electron chi connectivity index (χ2n) is 3.82. The van der Waals surface area contributed by atoms with Gasteiger partial charge in [0.2, 0.25) is 0 Å². The summed E-state index contributed by atoms with van der Waals surface area (Å²) in [7, 11) is 0. The molecular formula is C11H17NO2S. The van der Waals surface area contributed by atoms with E-state index in [9.17, 15) is 4.79 Å². The second-order valence-corrected chi connectivity index (χ2v) is 4.86. The topological polar surface area (TPSA) is 52.3 Å². The third-order valence-electron chi connectivity index (χ3n) is 2.16. The average Bonchev–Trinajstić information content (AvgIpc) is 2.66. The smallest absolute Gasteiger partial charge is 0.326 e. The molecule has 2 N–H and O–H groups in total. The van der Waals surface area contributed by atoms with Gasteiger partial charge in [-0.2, -0.15) is 0 Å². The maximum Gasteiger partial charge on any atom is 0.326 e. The Morgan fingerprint density at radius 1 is 1.67 bits per heavy atom. The molecule has 0 saturated carbocycles. The fraction of sp³-hybridized carbons (Fsp3) is 0.545. The maximum absolute atomic E-state index is 11.6. The van der Waals surface area contributed by atoms with Crippen molar-refractivity contribution in [1.82, 2.24) is 0 Å². The van der Waals surface area contributed by atoms with Gasteiger partial charge in [-0.3, -0.25) is 4.79 Å². The van der Waals surface area contributed by atoms with Crippen molar-refractivity contribution >= 4 is 17.3 Å². The molecule has 1 rings (SSSR count). The van der Waals surface area contributed by atoms with Crippen LogP contribution in [-0.4, -0.2) is 11.5 Å². The van der Waals surface area contributed by atoms with E-state index in [1.807, 2.05) is 24.4 Å². The zero-order chi connectivity index (χ0) is 11.3. The normalized spacial score (nSPS) is 14.6. The van der Waals surface area contributed by atoms with Gasteiger partial charge in [0.1, 0.15) is 12.1 Å². The number of hydrogen-bond acceptors (Lipinski definition) is 4. The molecule has 15 heavy (non-hydrogen) atoms. The summed E-state index contributed by atoms with van der Waals surface area (Å²) in [6.45, 7) is 4.04. The minimum atomic E-state index is -0.855. The molecule has 0 aliphatic heterocycles. The van der Waals surface area contributed by atoms with Crippen molar-refractivity contribution in [3.05, 3.63) is 22.4 Å². The summed E-state index contributed by atoms with van der Waals surface area (Å²) in [5, 5.41) is 1.96. The first-order valence-corrected chi connectivity index (χ1v) is 5.92. The monoisotopic (exact) mass is 227 g/mol. The van der Waals surface area contributed by atoms with Gasteiger partial charge >= 0.3 is 5.97 Å². The van der Waals surface area contributed by atoms with Gasteiger partial charge in [0, 0.05) is 4.88 Å². The molecule has 0 aromatic carbocycles. The van der Waals surface area contributed by atoms with E-state index in [2.05, 4.69) is 0 Å². The van der Waals surface area contributed by atoms with E-state index in [0.29, 0.717) is 13.0 Å². The lowest BCUT2D eigenvalue weighted by Crippen LogP contribution is -2.45. The highest BCUT2D eigenvalue weighted by Crippen LogP contribution is 2.14. The maximum atomic E-state index is 11.6. The summed E-state index contributed by atoms with van der Waals surface area (Å²) in [6, 6.07) is 3.87. The average molecular weight is 227 g/mol. The highest BCUT2D eigenvalue weighted by molar-refractivity contribution is 7.09. The summed E-state index contributed by atoms with van der Waals surface area (Å²) < 4.78 is 5.15. The molecule has 0 radical (unpaired) electrons. The quantitative estimate of drug-likeness (QED) is 0.785. The Labute approximate surface area is 94.2 Å². The van der Waals surface area contributed by atoms with Crippen LogP contribution in [0.3, 0.4) is 0 Å². The molecule has 0 fully saturated rings. The van der Waals surface area contributed by atoms with Crippen LogP contribution in [0.4, 0.5) is 0 Å². The predicted octanol–water partition coefficient (Wildman–Crippen LogP) is 2.31. The lowest BCUT2D eigenvalue weighted by molar-refractivity contribution is -0.151. The minimum Gasteiger partial charge on any atom is -0.459 e. The number of ether oxygens (including phenoxy) is 1. The zero-order valence-electron chi connectivity index (χ0n) is 9.16. The first-order chi connectivity index (χ1) is 7.06. The van der Waals surface area contributed by atoms with Crippen LogP contribution in [-0.2, 0) is 16.1 Å². The van der Waals surface area contributed by atoms with E-state index in [4.69, 9.17) is 10.5 Å². The van der Waals surface area contributed by atoms with E-state index in [-0.39, 0.29) is 5.97 Å². The molecule has 0 aliphatic carbocycles. The lowest BCUT2D eigenvalue weighted by atomic mass is 9.98. The number of carbonyl (C=O) groups is 1. The second kappa shape index (κ2) is 5.28. The van der Waals surface area contributed by atoms with Crippen LogP contribution in [0.25, 0.3) is 0 Å². The summed E-state index contributed by atoms with van der Waals surface area (Å²) in [4.78, 5) is 12.6. The molecule has 0 saturated heterocycles. The van der Waals surface area contributed by atoms with Gasteiger partial charge in [0.15, 0.2) is 0 Å². The summed E-state index contributed by atoms with van der Waals surface area (Å²) in [5.41, 5.74) is 4.98. The van der Waals surface area contributed by atoms with Gasteiger partial charge in [-0.15, -0.1) is 11.3 Å². The van der Waals surface area contributed by atoms with E-state index >= 15 is 0 Å². The van der Waals surface area contributed by atoms with Crippen molar-refractivity contribution in [2.75, 3.05) is 0 Å². The van der Waals surface area contributed by atoms with Crippen molar-refractivity contribution in [1.29, 1.82) is 0 Å². The molecule has 1 atom stereocenters. The largest absolute Gasteiger partial charge is 0.459 e. The van der Waals surface area contributed by atoms with Crippen molar-refractivity contribution in [3.63, 3.8) is 0 Å². The Morgan fingerprint density at radius 3 is 2.93 bits per heavy atom. The standard InChI is InChI=1S/C11H17NO2S/c1-3-6-11(2,12)10(13)14-8-9-5-4-7-15-9/h4-5,7H,3,6,8,12H2,1-2H3. The van der Waals surface area contributed by atoms with Gasteiger partial charge in [-0.25, -0.2) is 0 Å². The van der Waals surface area contributed by atoms with Gasteiger partial charge in [0.05, 0.1) is 0 Å². The molecule has 1 unspecified atom stereocenters. The molecule has 4 heteroatoms. The van der Waals surface area contributed by atoms with Crippen molar-refractivity contribution in [2.24, 2.45) is 5.73 Å². The first-order valence-electron chi connectivity index (χ1n) is 5.04. The molecular weight excluding hydrogens is 210 g/mol. The van der Waals surface area contributed by atoms with Crippen molar-refractivity contribution in [3.8, 4) is 0 Å². The van der Waals surface area contributed by atoms with E-state index in [1.165, 1.54) is 0 Å². The van der Waals surface area contributed by atoms with Crippen LogP contribution in [0.5, 0.6) is 0 Å². The third-order valence-corrected chi connectivity index (χ3v) is 3.01. The van der Waals surface area contributed by atoms with Crippen molar-refractivity contribution in [2.45, 2.75) is 38.8 Å². The number of rotatable bonds is 5. The van der Waals surface area contributed by atoms with Gasteiger partial charge in [-0.05, 0) is 24.8 Å². The Balaban J connectivity index is 2.42. The molecule has 0 spiro atoms. The minimum absolute atomic E-state index is 0.322. The van der Waals surface area contributed by atoms with Crippen molar-refractivity contribution < 1.29 is 9.53 Å². The molecule has 0 bridgehead atoms. The van der Waals surface area contributed by atoms with Gasteiger partial charge < -0.3 is 10.5 Å². The zero-order valence-corrected chi connectivity index (χ0v) is 9.97. The first kappa shape index (κ1) is 12.2. The summed E-state index contributed by atoms with van der Waals surface area (Å²) in [6.07, 6.45) is 1.53. The summed E-state index contributed by atoms with van der Waals surface area (Å²) in [5.74, 6) is -0.322. The number of thiophene rings is 1. The number of carbonyl (C=O) groups excluding carboxylic acids is 1. The number of nitrogens with two attached hydrogens (primary N) is 1. The van der Waals surface area contributed by atoms with Crippen LogP contribution < -0.4 is 5.73 Å². The fourth-order valence-corrected chi connectivity index (χ4v) is 1.93. The molecule has 3 nitrogen and oxygen atoms in total. The Bertz CT molecular complexity index is 306. The lowest BCUT2D eigenvalue weighted by Gasteiger charge is -2.21. The Kier molecular flexibility index (Phi) is 4.29. The van der Waals surface area contributed by atoms with Gasteiger partial charge in [0.25, 0.3) is 0 Å². The van der Waals surface area contributed by atoms with Crippen LogP contribution in [0.1, 0.15) is 31.6 Å². The summed E-state index contributed by atoms with van der Waals surface area (Å²) >= 11 is 1.57. The molecule has 1 aromatic heterocycles. The Hall–Kier alpha value is -0.870. The van der Waals surface area contributed by atoms with E-state index in [1.54, 1.807) is 18.3 Å².